The number of carbonyl (C=O) groups is 6. The second kappa shape index (κ2) is 23.8. The molecule has 3 saturated heterocycles. The zero-order chi connectivity index (χ0) is 64.9. The van der Waals surface area contributed by atoms with Crippen molar-refractivity contribution in [1.29, 1.82) is 0 Å². The van der Waals surface area contributed by atoms with Crippen molar-refractivity contribution < 1.29 is 61.9 Å². The molecule has 9 aliphatic rings. The lowest BCUT2D eigenvalue weighted by Crippen LogP contribution is -3.10. The molecule has 3 amide bonds. The van der Waals surface area contributed by atoms with Crippen LogP contribution in [0, 0.1) is 81.8 Å². The third kappa shape index (κ3) is 14.0. The minimum Gasteiger partial charge on any atom is -0.492 e. The van der Waals surface area contributed by atoms with Crippen LogP contribution in [0.4, 0.5) is 14.4 Å². The fourth-order valence-electron chi connectivity index (χ4n) is 17.8. The van der Waals surface area contributed by atoms with Crippen LogP contribution in [-0.4, -0.2) is 148 Å². The second-order valence-corrected chi connectivity index (χ2v) is 33.9. The highest BCUT2D eigenvalue weighted by Crippen LogP contribution is 3.11. The van der Waals surface area contributed by atoms with Gasteiger partial charge in [0.1, 0.15) is 46.0 Å². The first kappa shape index (κ1) is 66.3. The summed E-state index contributed by atoms with van der Waals surface area (Å²) in [6.07, 6.45) is 2.67. The van der Waals surface area contributed by atoms with E-state index in [1.54, 1.807) is 14.7 Å². The van der Waals surface area contributed by atoms with Crippen LogP contribution in [0.25, 0.3) is 0 Å². The number of nitrogens with zero attached hydrogens (tertiary/aromatic N) is 4. The Balaban J connectivity index is 0.880. The fourth-order valence-corrected chi connectivity index (χ4v) is 17.8. The van der Waals surface area contributed by atoms with E-state index in [-0.39, 0.29) is 70.7 Å². The molecule has 492 valence electrons. The van der Waals surface area contributed by atoms with Crippen molar-refractivity contribution in [2.24, 2.45) is 81.8 Å². The second-order valence-electron chi connectivity index (χ2n) is 33.9. The maximum absolute atomic E-state index is 14.5. The summed E-state index contributed by atoms with van der Waals surface area (Å²) in [4.78, 5) is 90.4. The lowest BCUT2D eigenvalue weighted by molar-refractivity contribution is -0.661. The summed E-state index contributed by atoms with van der Waals surface area (Å²) in [7, 11) is 0. The normalized spacial score (nSPS) is 29.3. The van der Waals surface area contributed by atoms with Gasteiger partial charge in [-0.15, -0.1) is 0 Å². The van der Waals surface area contributed by atoms with Crippen molar-refractivity contribution in [1.82, 2.24) is 19.6 Å². The molecule has 3 heterocycles. The number of esters is 3. The molecule has 4 unspecified atom stereocenters. The molecule has 0 N–H and O–H groups in total. The van der Waals surface area contributed by atoms with Gasteiger partial charge in [-0.25, -0.2) is 14.4 Å². The SMILES string of the molecule is CC(C)(C)OC(=O)[C@@H](Cc1cccc(CN(CCOc2cccc(C[C@H](C(=O)OC(C)(C)C)[C@H]3CCN(C(=O)OC(C)(C)C)C3)c2)CC23C4C5C6C4C2C6(C[C@H](C(=O)OC(C)(C)C)[C@H]2CCN(C(=O)OC(C)(C)C)C2)C53)c1)[C@H]1CCN(C(=O)OC(C)(C)C)C1. The standard InChI is InChI=1S/C72H106N4O13/c1-65(2,3)84-59(77)50(46-25-28-74(39-46)62(80)87-68(10,11)12)35-43-21-19-23-45(33-43)38-73(31-32-83-49-24-20-22-44(34-49)36-51(60(78)85-66(4,5)6)47-26-29-75(40-47)63(81)88-69(13,14)15)42-72-56-53-55-54(56)58(72)71(55,57(53)72)37-52(61(79)86-67(7,8)9)48-27-30-76(41-48)64(82)89-70(16,17)18/h19-24,33-34,46-48,50-58H,25-32,35-42H2,1-18H3/t46-,47-,48-,50-,51-,52-,53?,54?,55?,56?,57?,58?,71?,72?/m0/s1. The fraction of sp³-hybridized carbons (Fsp3) is 0.750. The lowest BCUT2D eigenvalue weighted by Gasteiger charge is -3.12. The summed E-state index contributed by atoms with van der Waals surface area (Å²) in [5.74, 6) is 2.26. The highest BCUT2D eigenvalue weighted by molar-refractivity contribution is 5.76. The van der Waals surface area contributed by atoms with Gasteiger partial charge < -0.3 is 47.9 Å². The molecule has 17 heteroatoms. The number of rotatable bonds is 20. The molecule has 2 aromatic carbocycles. The van der Waals surface area contributed by atoms with Gasteiger partial charge in [-0.3, -0.25) is 19.3 Å². The number of likely N-dealkylation sites (tertiary alicyclic amines) is 3. The molecule has 9 fully saturated rings. The monoisotopic (exact) mass is 1230 g/mol. The predicted molar refractivity (Wildman–Crippen MR) is 337 cm³/mol. The molecule has 6 saturated carbocycles. The van der Waals surface area contributed by atoms with Crippen molar-refractivity contribution in [2.75, 3.05) is 59.0 Å². The molecule has 0 bridgehead atoms. The quantitative estimate of drug-likeness (QED) is 0.0902. The first-order chi connectivity index (χ1) is 41.2. The average Bonchev–Trinajstić information content (AvgIpc) is 0.763. The molecular formula is C72H106N4O13. The Kier molecular flexibility index (Phi) is 17.8. The first-order valence-corrected chi connectivity index (χ1v) is 33.4. The van der Waals surface area contributed by atoms with Crippen molar-refractivity contribution in [3.63, 3.8) is 0 Å². The molecule has 0 aromatic heterocycles. The molecule has 3 aliphatic heterocycles. The third-order valence-electron chi connectivity index (χ3n) is 20.4. The number of hydrogen-bond acceptors (Lipinski definition) is 14. The van der Waals surface area contributed by atoms with Gasteiger partial charge in [0.15, 0.2) is 0 Å². The Hall–Kier alpha value is -5.58. The summed E-state index contributed by atoms with van der Waals surface area (Å²) in [5, 5.41) is 0. The van der Waals surface area contributed by atoms with Crippen molar-refractivity contribution in [3.05, 3.63) is 65.2 Å². The molecule has 11 rings (SSSR count). The number of ether oxygens (including phenoxy) is 7. The first-order valence-electron chi connectivity index (χ1n) is 33.4. The lowest BCUT2D eigenvalue weighted by atomic mass is 8.91. The van der Waals surface area contributed by atoms with Crippen LogP contribution in [0.1, 0.15) is 167 Å². The molecule has 2 aromatic rings. The molecule has 0 radical (unpaired) electrons. The predicted octanol–water partition coefficient (Wildman–Crippen LogP) is 12.4. The molecule has 10 atom stereocenters. The van der Waals surface area contributed by atoms with E-state index in [2.05, 4.69) is 29.2 Å². The van der Waals surface area contributed by atoms with E-state index in [0.29, 0.717) is 126 Å². The van der Waals surface area contributed by atoms with Gasteiger partial charge in [0.25, 0.3) is 0 Å². The average molecular weight is 1240 g/mol. The van der Waals surface area contributed by atoms with E-state index in [0.717, 1.165) is 36.1 Å². The van der Waals surface area contributed by atoms with Gasteiger partial charge in [-0.1, -0.05) is 36.4 Å². The van der Waals surface area contributed by atoms with Crippen LogP contribution < -0.4 is 4.74 Å². The molecule has 89 heavy (non-hydrogen) atoms. The molecule has 0 spiro atoms. The number of amides is 3. The van der Waals surface area contributed by atoms with Gasteiger partial charge in [0.2, 0.25) is 0 Å². The molecular weight excluding hydrogens is 1130 g/mol. The van der Waals surface area contributed by atoms with Crippen molar-refractivity contribution in [3.8, 4) is 5.75 Å². The zero-order valence-corrected chi connectivity index (χ0v) is 57.0. The zero-order valence-electron chi connectivity index (χ0n) is 57.0. The van der Waals surface area contributed by atoms with Crippen LogP contribution in [0.15, 0.2) is 48.5 Å². The Morgan fingerprint density at radius 2 is 0.854 bits per heavy atom. The van der Waals surface area contributed by atoms with E-state index in [1.165, 1.54) is 0 Å². The van der Waals surface area contributed by atoms with Crippen LogP contribution >= 0.6 is 0 Å². The maximum Gasteiger partial charge on any atom is 0.410 e. The van der Waals surface area contributed by atoms with Crippen LogP contribution in [-0.2, 0) is 62.2 Å². The van der Waals surface area contributed by atoms with Crippen LogP contribution in [0.3, 0.4) is 0 Å². The van der Waals surface area contributed by atoms with E-state index >= 15 is 0 Å². The minimum atomic E-state index is -0.687. The van der Waals surface area contributed by atoms with E-state index in [4.69, 9.17) is 33.2 Å². The number of benzene rings is 2. The Bertz CT molecular complexity index is 2970. The van der Waals surface area contributed by atoms with Crippen molar-refractivity contribution in [2.45, 2.75) is 203 Å². The van der Waals surface area contributed by atoms with Gasteiger partial charge in [-0.05, 0) is 256 Å². The topological polar surface area (TPSA) is 180 Å². The van der Waals surface area contributed by atoms with Gasteiger partial charge in [-0.2, -0.15) is 0 Å². The molecule has 17 nitrogen and oxygen atoms in total. The van der Waals surface area contributed by atoms with Gasteiger partial charge in [0.05, 0.1) is 17.8 Å². The third-order valence-corrected chi connectivity index (χ3v) is 20.4. The summed E-state index contributed by atoms with van der Waals surface area (Å²) >= 11 is 0. The summed E-state index contributed by atoms with van der Waals surface area (Å²) < 4.78 is 42.4. The highest BCUT2D eigenvalue weighted by Gasteiger charge is 3.09. The summed E-state index contributed by atoms with van der Waals surface area (Å²) in [6.45, 7) is 39.4. The van der Waals surface area contributed by atoms with Crippen LogP contribution in [0.5, 0.6) is 5.75 Å². The Morgan fingerprint density at radius 3 is 1.28 bits per heavy atom. The van der Waals surface area contributed by atoms with Crippen LogP contribution in [0.2, 0.25) is 0 Å². The van der Waals surface area contributed by atoms with E-state index < -0.39 is 45.4 Å². The summed E-state index contributed by atoms with van der Waals surface area (Å²) in [5.41, 5.74) is -0.546. The smallest absolute Gasteiger partial charge is 0.410 e. The largest absolute Gasteiger partial charge is 0.492 e. The van der Waals surface area contributed by atoms with Gasteiger partial charge >= 0.3 is 36.2 Å². The highest BCUT2D eigenvalue weighted by atomic mass is 16.6. The van der Waals surface area contributed by atoms with E-state index in [1.807, 2.05) is 149 Å². The number of hydrogen-bond donors (Lipinski definition) is 0. The van der Waals surface area contributed by atoms with Gasteiger partial charge in [0, 0.05) is 58.9 Å². The Morgan fingerprint density at radius 1 is 0.483 bits per heavy atom. The van der Waals surface area contributed by atoms with Crippen molar-refractivity contribution >= 4 is 36.2 Å². The molecule has 6 aliphatic carbocycles. The maximum atomic E-state index is 14.5. The minimum absolute atomic E-state index is 0.0127. The van der Waals surface area contributed by atoms with E-state index in [9.17, 15) is 28.8 Å². The summed E-state index contributed by atoms with van der Waals surface area (Å²) in [6, 6.07) is 16.6. The Labute approximate surface area is 530 Å². The number of carbonyl (C=O) groups excluding carboxylic acids is 6.